The molecule has 26 heavy (non-hydrogen) atoms. The van der Waals surface area contributed by atoms with Crippen molar-refractivity contribution in [2.75, 3.05) is 7.11 Å². The number of hydrogen-bond acceptors (Lipinski definition) is 6. The van der Waals surface area contributed by atoms with Gasteiger partial charge in [-0.1, -0.05) is 19.3 Å². The number of amides is 3. The predicted octanol–water partition coefficient (Wildman–Crippen LogP) is 2.21. The van der Waals surface area contributed by atoms with Gasteiger partial charge in [-0.25, -0.2) is 4.79 Å². The highest BCUT2D eigenvalue weighted by Gasteiger charge is 2.51. The number of methoxy groups -OCH3 is 1. The third-order valence-corrected chi connectivity index (χ3v) is 4.61. The summed E-state index contributed by atoms with van der Waals surface area (Å²) in [5.41, 5.74) is -0.202. The van der Waals surface area contributed by atoms with Crippen LogP contribution >= 0.6 is 0 Å². The SMILES string of the molecule is COc1cc(/C=N\N2C(=O)NC3(CCCCC3)C2=O)ccc1OC(C)=O. The average molecular weight is 359 g/mol. The Bertz CT molecular complexity index is 768. The summed E-state index contributed by atoms with van der Waals surface area (Å²) in [6, 6.07) is 4.32. The van der Waals surface area contributed by atoms with Crippen molar-refractivity contribution in [2.45, 2.75) is 44.6 Å². The molecular formula is C18H21N3O5. The molecule has 1 saturated heterocycles. The fourth-order valence-corrected chi connectivity index (χ4v) is 3.33. The predicted molar refractivity (Wildman–Crippen MR) is 93.1 cm³/mol. The van der Waals surface area contributed by atoms with E-state index in [1.807, 2.05) is 0 Å². The molecule has 0 unspecified atom stereocenters. The molecule has 1 aliphatic heterocycles. The van der Waals surface area contributed by atoms with Crippen molar-refractivity contribution in [2.24, 2.45) is 5.10 Å². The van der Waals surface area contributed by atoms with Crippen LogP contribution in [0.15, 0.2) is 23.3 Å². The van der Waals surface area contributed by atoms with Crippen molar-refractivity contribution in [1.82, 2.24) is 10.3 Å². The molecule has 8 heteroatoms. The number of nitrogens with zero attached hydrogens (tertiary/aromatic N) is 2. The Morgan fingerprint density at radius 1 is 1.23 bits per heavy atom. The molecular weight excluding hydrogens is 338 g/mol. The Hall–Kier alpha value is -2.90. The zero-order valence-corrected chi connectivity index (χ0v) is 14.8. The highest BCUT2D eigenvalue weighted by atomic mass is 16.6. The molecule has 2 fully saturated rings. The van der Waals surface area contributed by atoms with E-state index in [1.54, 1.807) is 18.2 Å². The number of carbonyl (C=O) groups is 3. The minimum absolute atomic E-state index is 0.285. The zero-order chi connectivity index (χ0) is 18.7. The largest absolute Gasteiger partial charge is 0.493 e. The first-order valence-electron chi connectivity index (χ1n) is 8.52. The lowest BCUT2D eigenvalue weighted by atomic mass is 9.82. The van der Waals surface area contributed by atoms with Gasteiger partial charge in [0.2, 0.25) is 0 Å². The van der Waals surface area contributed by atoms with Gasteiger partial charge in [-0.15, -0.1) is 5.01 Å². The molecule has 1 heterocycles. The van der Waals surface area contributed by atoms with Crippen LogP contribution in [0.2, 0.25) is 0 Å². The lowest BCUT2D eigenvalue weighted by Crippen LogP contribution is -2.48. The van der Waals surface area contributed by atoms with Crippen LogP contribution in [-0.2, 0) is 9.59 Å². The van der Waals surface area contributed by atoms with E-state index >= 15 is 0 Å². The van der Waals surface area contributed by atoms with Gasteiger partial charge in [0.25, 0.3) is 5.91 Å². The van der Waals surface area contributed by atoms with Crippen molar-refractivity contribution in [3.05, 3.63) is 23.8 Å². The van der Waals surface area contributed by atoms with Crippen molar-refractivity contribution in [3.8, 4) is 11.5 Å². The summed E-state index contributed by atoms with van der Waals surface area (Å²) in [6.07, 6.45) is 5.60. The smallest absolute Gasteiger partial charge is 0.346 e. The normalized spacial score (nSPS) is 19.1. The Morgan fingerprint density at radius 2 is 1.96 bits per heavy atom. The van der Waals surface area contributed by atoms with Crippen molar-refractivity contribution >= 4 is 24.1 Å². The van der Waals surface area contributed by atoms with Gasteiger partial charge >= 0.3 is 12.0 Å². The number of carbonyl (C=O) groups excluding carboxylic acids is 3. The monoisotopic (exact) mass is 359 g/mol. The lowest BCUT2D eigenvalue weighted by Gasteiger charge is -2.29. The van der Waals surface area contributed by atoms with E-state index in [1.165, 1.54) is 20.2 Å². The van der Waals surface area contributed by atoms with Crippen molar-refractivity contribution in [3.63, 3.8) is 0 Å². The number of nitrogens with one attached hydrogen (secondary N) is 1. The Labute approximate surface area is 151 Å². The number of rotatable bonds is 4. The number of ether oxygens (including phenoxy) is 2. The van der Waals surface area contributed by atoms with E-state index in [2.05, 4.69) is 10.4 Å². The first-order chi connectivity index (χ1) is 12.4. The standard InChI is InChI=1S/C18H21N3O5/c1-12(22)26-14-7-6-13(10-15(14)25-2)11-19-21-16(23)18(20-17(21)24)8-4-3-5-9-18/h6-7,10-11H,3-5,8-9H2,1-2H3,(H,20,24)/b19-11-. The highest BCUT2D eigenvalue weighted by molar-refractivity contribution is 6.07. The fraction of sp³-hybridized carbons (Fsp3) is 0.444. The van der Waals surface area contributed by atoms with Gasteiger partial charge in [-0.3, -0.25) is 9.59 Å². The molecule has 1 aromatic carbocycles. The molecule has 1 aliphatic carbocycles. The first-order valence-corrected chi connectivity index (χ1v) is 8.52. The number of hydrogen-bond donors (Lipinski definition) is 1. The first kappa shape index (κ1) is 17.9. The Morgan fingerprint density at radius 3 is 2.62 bits per heavy atom. The number of benzene rings is 1. The molecule has 0 radical (unpaired) electrons. The van der Waals surface area contributed by atoms with Gasteiger partial charge in [-0.05, 0) is 36.6 Å². The van der Waals surface area contributed by atoms with E-state index < -0.39 is 17.5 Å². The van der Waals surface area contributed by atoms with Gasteiger partial charge < -0.3 is 14.8 Å². The van der Waals surface area contributed by atoms with Crippen LogP contribution in [0.1, 0.15) is 44.6 Å². The van der Waals surface area contributed by atoms with Crippen LogP contribution in [0.3, 0.4) is 0 Å². The van der Waals surface area contributed by atoms with Crippen LogP contribution in [0.5, 0.6) is 11.5 Å². The average Bonchev–Trinajstić information content (AvgIpc) is 2.84. The highest BCUT2D eigenvalue weighted by Crippen LogP contribution is 2.34. The summed E-state index contributed by atoms with van der Waals surface area (Å²) in [5.74, 6) is -0.123. The van der Waals surface area contributed by atoms with Gasteiger partial charge in [0.05, 0.1) is 13.3 Å². The maximum Gasteiger partial charge on any atom is 0.346 e. The van der Waals surface area contributed by atoms with Crippen molar-refractivity contribution in [1.29, 1.82) is 0 Å². The maximum atomic E-state index is 12.7. The molecule has 0 aromatic heterocycles. The summed E-state index contributed by atoms with van der Waals surface area (Å²) in [4.78, 5) is 35.9. The minimum atomic E-state index is -0.802. The van der Waals surface area contributed by atoms with Crippen LogP contribution < -0.4 is 14.8 Å². The fourth-order valence-electron chi connectivity index (χ4n) is 3.33. The molecule has 0 bridgehead atoms. The Balaban J connectivity index is 1.78. The molecule has 2 aliphatic rings. The Kier molecular flexibility index (Phi) is 4.92. The second-order valence-corrected chi connectivity index (χ2v) is 6.44. The summed E-state index contributed by atoms with van der Waals surface area (Å²) < 4.78 is 10.2. The third kappa shape index (κ3) is 3.40. The van der Waals surface area contributed by atoms with Crippen LogP contribution in [0.4, 0.5) is 4.79 Å². The van der Waals surface area contributed by atoms with E-state index in [4.69, 9.17) is 9.47 Å². The summed E-state index contributed by atoms with van der Waals surface area (Å²) in [5, 5.41) is 7.74. The van der Waals surface area contributed by atoms with E-state index in [9.17, 15) is 14.4 Å². The number of esters is 1. The molecule has 1 spiro atoms. The molecule has 1 N–H and O–H groups in total. The third-order valence-electron chi connectivity index (χ3n) is 4.61. The summed E-state index contributed by atoms with van der Waals surface area (Å²) in [6.45, 7) is 1.30. The number of urea groups is 1. The molecule has 1 aromatic rings. The van der Waals surface area contributed by atoms with Crippen LogP contribution in [0.25, 0.3) is 0 Å². The van der Waals surface area contributed by atoms with Gasteiger partial charge in [0.1, 0.15) is 5.54 Å². The van der Waals surface area contributed by atoms with E-state index in [0.717, 1.165) is 24.3 Å². The van der Waals surface area contributed by atoms with Gasteiger partial charge in [0, 0.05) is 6.92 Å². The number of hydrazone groups is 1. The van der Waals surface area contributed by atoms with Gasteiger partial charge in [-0.2, -0.15) is 5.10 Å². The molecule has 1 saturated carbocycles. The molecule has 3 rings (SSSR count). The second-order valence-electron chi connectivity index (χ2n) is 6.44. The molecule has 8 nitrogen and oxygen atoms in total. The summed E-state index contributed by atoms with van der Waals surface area (Å²) in [7, 11) is 1.45. The zero-order valence-electron chi connectivity index (χ0n) is 14.8. The van der Waals surface area contributed by atoms with Gasteiger partial charge in [0.15, 0.2) is 11.5 Å². The topological polar surface area (TPSA) is 97.3 Å². The second kappa shape index (κ2) is 7.15. The van der Waals surface area contributed by atoms with E-state index in [-0.39, 0.29) is 11.7 Å². The number of imide groups is 1. The molecule has 0 atom stereocenters. The quantitative estimate of drug-likeness (QED) is 0.385. The summed E-state index contributed by atoms with van der Waals surface area (Å²) >= 11 is 0. The lowest BCUT2D eigenvalue weighted by molar-refractivity contribution is -0.133. The molecule has 138 valence electrons. The minimum Gasteiger partial charge on any atom is -0.493 e. The van der Waals surface area contributed by atoms with Crippen LogP contribution in [-0.4, -0.2) is 41.8 Å². The molecule has 3 amide bonds. The van der Waals surface area contributed by atoms with Crippen molar-refractivity contribution < 1.29 is 23.9 Å². The maximum absolute atomic E-state index is 12.7. The van der Waals surface area contributed by atoms with Crippen LogP contribution in [0, 0.1) is 0 Å². The van der Waals surface area contributed by atoms with E-state index in [0.29, 0.717) is 24.2 Å².